The molecular weight excluding hydrogens is 607 g/mol. The summed E-state index contributed by atoms with van der Waals surface area (Å²) in [5.41, 5.74) is 4.42. The van der Waals surface area contributed by atoms with Crippen LogP contribution in [0.3, 0.4) is 0 Å². The van der Waals surface area contributed by atoms with Crippen LogP contribution in [0.2, 0.25) is 0 Å². The van der Waals surface area contributed by atoms with E-state index >= 15 is 4.79 Å². The van der Waals surface area contributed by atoms with Crippen LogP contribution in [0.15, 0.2) is 104 Å². The summed E-state index contributed by atoms with van der Waals surface area (Å²) in [6.07, 6.45) is 5.17. The van der Waals surface area contributed by atoms with Crippen molar-refractivity contribution < 1.29 is 19.5 Å². The number of hydrogen-bond donors (Lipinski definition) is 1. The van der Waals surface area contributed by atoms with Gasteiger partial charge in [0.1, 0.15) is 6.04 Å². The maximum atomic E-state index is 15.2. The number of carbonyl (C=O) groups excluding carboxylic acids is 3. The molecule has 47 heavy (non-hydrogen) atoms. The van der Waals surface area contributed by atoms with Gasteiger partial charge in [0.15, 0.2) is 0 Å². The predicted molar refractivity (Wildman–Crippen MR) is 189 cm³/mol. The molecule has 3 aliphatic heterocycles. The van der Waals surface area contributed by atoms with E-state index in [0.717, 1.165) is 34.5 Å². The number of aliphatic hydroxyl groups excluding tert-OH is 1. The van der Waals surface area contributed by atoms with E-state index in [2.05, 4.69) is 13.2 Å². The normalized spacial score (nSPS) is 24.9. The van der Waals surface area contributed by atoms with Gasteiger partial charge >= 0.3 is 0 Å². The summed E-state index contributed by atoms with van der Waals surface area (Å²) in [6, 6.07) is 23.7. The van der Waals surface area contributed by atoms with Crippen LogP contribution in [0.1, 0.15) is 29.5 Å². The van der Waals surface area contributed by atoms with Gasteiger partial charge in [0.05, 0.1) is 29.2 Å². The Morgan fingerprint density at radius 2 is 1.55 bits per heavy atom. The Bertz CT molecular complexity index is 1640. The van der Waals surface area contributed by atoms with Gasteiger partial charge in [-0.05, 0) is 61.9 Å². The Kier molecular flexibility index (Phi) is 9.44. The van der Waals surface area contributed by atoms with Crippen LogP contribution in [0.25, 0.3) is 0 Å². The fourth-order valence-corrected chi connectivity index (χ4v) is 10.4. The Morgan fingerprint density at radius 3 is 2.17 bits per heavy atom. The molecule has 6 rings (SSSR count). The average Bonchev–Trinajstić information content (AvgIpc) is 3.73. The summed E-state index contributed by atoms with van der Waals surface area (Å²) < 4.78 is -0.810. The highest BCUT2D eigenvalue weighted by Gasteiger charge is 2.74. The molecular formula is C39H43N3O4S. The van der Waals surface area contributed by atoms with Crippen LogP contribution in [-0.2, 0) is 20.8 Å². The fraction of sp³-hybridized carbons (Fsp3) is 0.359. The monoisotopic (exact) mass is 649 g/mol. The molecule has 0 aromatic heterocycles. The zero-order valence-corrected chi connectivity index (χ0v) is 27.9. The highest BCUT2D eigenvalue weighted by atomic mass is 32.2. The molecule has 2 bridgehead atoms. The van der Waals surface area contributed by atoms with Crippen LogP contribution in [0.4, 0.5) is 11.4 Å². The van der Waals surface area contributed by atoms with E-state index in [1.165, 1.54) is 0 Å². The van der Waals surface area contributed by atoms with Crippen molar-refractivity contribution in [3.63, 3.8) is 0 Å². The maximum absolute atomic E-state index is 15.2. The lowest BCUT2D eigenvalue weighted by Gasteiger charge is -2.40. The van der Waals surface area contributed by atoms with Crippen molar-refractivity contribution in [3.8, 4) is 0 Å². The summed E-state index contributed by atoms with van der Waals surface area (Å²) >= 11 is 1.64. The molecule has 6 atom stereocenters. The number of fused-ring (bicyclic) bond motifs is 1. The zero-order chi connectivity index (χ0) is 33.3. The number of benzene rings is 3. The number of likely N-dealkylation sites (tertiary alicyclic amines) is 1. The predicted octanol–water partition coefficient (Wildman–Crippen LogP) is 5.74. The number of carbonyl (C=O) groups is 3. The van der Waals surface area contributed by atoms with Gasteiger partial charge < -0.3 is 19.8 Å². The SMILES string of the molecule is C=CCN(C(=O)[C@@H]1[C@H]2C(=O)N([C@@H](CO)Cc3ccccc3)C(C(=O)N(CC=C)c3c(C)cccc3C)C23CC[C@H]1S3)c1ccccc1. The molecule has 3 aliphatic rings. The third kappa shape index (κ3) is 5.61. The Morgan fingerprint density at radius 1 is 0.936 bits per heavy atom. The molecule has 3 saturated heterocycles. The van der Waals surface area contributed by atoms with Gasteiger partial charge in [0.2, 0.25) is 11.8 Å². The average molecular weight is 650 g/mol. The van der Waals surface area contributed by atoms with Crippen molar-refractivity contribution in [2.24, 2.45) is 11.8 Å². The molecule has 2 unspecified atom stereocenters. The Balaban J connectivity index is 1.47. The van der Waals surface area contributed by atoms with Crippen LogP contribution >= 0.6 is 11.8 Å². The summed E-state index contributed by atoms with van der Waals surface area (Å²) in [4.78, 5) is 49.9. The van der Waals surface area contributed by atoms with Gasteiger partial charge in [-0.2, -0.15) is 0 Å². The summed E-state index contributed by atoms with van der Waals surface area (Å²) in [7, 11) is 0. The number of amides is 3. The number of hydrogen-bond acceptors (Lipinski definition) is 5. The van der Waals surface area contributed by atoms with Crippen molar-refractivity contribution >= 4 is 40.9 Å². The van der Waals surface area contributed by atoms with E-state index < -0.39 is 28.7 Å². The lowest BCUT2D eigenvalue weighted by molar-refractivity contribution is -0.141. The molecule has 3 fully saturated rings. The number of para-hydroxylation sites is 2. The summed E-state index contributed by atoms with van der Waals surface area (Å²) in [5.74, 6) is -1.85. The van der Waals surface area contributed by atoms with Crippen molar-refractivity contribution in [2.45, 2.75) is 55.2 Å². The first kappa shape index (κ1) is 32.8. The number of anilines is 2. The molecule has 0 radical (unpaired) electrons. The second-order valence-corrected chi connectivity index (χ2v) is 14.5. The maximum Gasteiger partial charge on any atom is 0.251 e. The van der Waals surface area contributed by atoms with E-state index in [9.17, 15) is 14.7 Å². The third-order valence-corrected chi connectivity index (χ3v) is 12.1. The molecule has 3 aromatic rings. The van der Waals surface area contributed by atoms with Crippen molar-refractivity contribution in [1.29, 1.82) is 0 Å². The first-order valence-electron chi connectivity index (χ1n) is 16.4. The van der Waals surface area contributed by atoms with Crippen LogP contribution in [0, 0.1) is 25.7 Å². The Labute approximate surface area is 281 Å². The highest BCUT2D eigenvalue weighted by Crippen LogP contribution is 2.67. The van der Waals surface area contributed by atoms with Crippen molar-refractivity contribution in [2.75, 3.05) is 29.5 Å². The molecule has 3 aromatic carbocycles. The minimum Gasteiger partial charge on any atom is -0.394 e. The first-order chi connectivity index (χ1) is 22.8. The lowest BCUT2D eigenvalue weighted by atomic mass is 9.70. The highest BCUT2D eigenvalue weighted by molar-refractivity contribution is 8.02. The third-order valence-electron chi connectivity index (χ3n) is 10.1. The number of aliphatic hydroxyl groups is 1. The second kappa shape index (κ2) is 13.5. The molecule has 244 valence electrons. The topological polar surface area (TPSA) is 81.2 Å². The molecule has 8 heteroatoms. The second-order valence-electron chi connectivity index (χ2n) is 12.9. The molecule has 3 heterocycles. The Hall–Kier alpha value is -4.14. The van der Waals surface area contributed by atoms with Gasteiger partial charge in [-0.3, -0.25) is 14.4 Å². The van der Waals surface area contributed by atoms with Gasteiger partial charge in [0, 0.05) is 29.7 Å². The van der Waals surface area contributed by atoms with Crippen molar-refractivity contribution in [1.82, 2.24) is 4.90 Å². The fourth-order valence-electron chi connectivity index (χ4n) is 8.22. The van der Waals surface area contributed by atoms with Crippen LogP contribution < -0.4 is 9.80 Å². The standard InChI is InChI=1S/C39H43N3O4S/c1-5-22-40(29-18-11-8-12-19-29)36(44)32-31-20-21-39(47-31)33(32)37(45)42(30(25-43)24-28-16-9-7-10-17-28)35(39)38(46)41(23-6-2)34-26(3)14-13-15-27(34)4/h5-19,30-33,35,43H,1-2,20-25H2,3-4H3/t30-,31-,32+,33+,35?,39?/m1/s1. The first-order valence-corrected chi connectivity index (χ1v) is 17.3. The summed E-state index contributed by atoms with van der Waals surface area (Å²) in [6.45, 7) is 12.1. The van der Waals surface area contributed by atoms with Crippen LogP contribution in [0.5, 0.6) is 0 Å². The van der Waals surface area contributed by atoms with Crippen molar-refractivity contribution in [3.05, 3.63) is 121 Å². The smallest absolute Gasteiger partial charge is 0.251 e. The zero-order valence-electron chi connectivity index (χ0n) is 27.1. The van der Waals surface area contributed by atoms with E-state index in [1.807, 2.05) is 92.7 Å². The molecule has 1 N–H and O–H groups in total. The van der Waals surface area contributed by atoms with Gasteiger partial charge in [-0.15, -0.1) is 24.9 Å². The van der Waals surface area contributed by atoms with Gasteiger partial charge in [0.25, 0.3) is 5.91 Å². The molecule has 0 aliphatic carbocycles. The molecule has 1 spiro atoms. The molecule has 0 saturated carbocycles. The summed E-state index contributed by atoms with van der Waals surface area (Å²) in [5, 5.41) is 10.8. The lowest BCUT2D eigenvalue weighted by Crippen LogP contribution is -2.58. The van der Waals surface area contributed by atoms with Crippen LogP contribution in [-0.4, -0.2) is 69.5 Å². The van der Waals surface area contributed by atoms with E-state index in [-0.39, 0.29) is 36.1 Å². The molecule has 3 amide bonds. The minimum absolute atomic E-state index is 0.0975. The number of rotatable bonds is 12. The quantitative estimate of drug-likeness (QED) is 0.254. The van der Waals surface area contributed by atoms with Gasteiger partial charge in [-0.25, -0.2) is 0 Å². The van der Waals surface area contributed by atoms with E-state index in [4.69, 9.17) is 0 Å². The van der Waals surface area contributed by atoms with Gasteiger partial charge in [-0.1, -0.05) is 78.9 Å². The number of nitrogens with zero attached hydrogens (tertiary/aromatic N) is 3. The van der Waals surface area contributed by atoms with E-state index in [1.54, 1.807) is 38.6 Å². The minimum atomic E-state index is -0.864. The number of aryl methyl sites for hydroxylation is 2. The largest absolute Gasteiger partial charge is 0.394 e. The number of thioether (sulfide) groups is 1. The van der Waals surface area contributed by atoms with E-state index in [0.29, 0.717) is 19.4 Å². The molecule has 7 nitrogen and oxygen atoms in total.